The molecule has 1 aliphatic heterocycles. The number of rotatable bonds is 9. The first-order chi connectivity index (χ1) is 18.4. The predicted molar refractivity (Wildman–Crippen MR) is 147 cm³/mol. The summed E-state index contributed by atoms with van der Waals surface area (Å²) in [7, 11) is 3.91. The number of ether oxygens (including phenoxy) is 2. The zero-order valence-corrected chi connectivity index (χ0v) is 22.2. The first-order valence-electron chi connectivity index (χ1n) is 12.8. The van der Waals surface area contributed by atoms with Crippen LogP contribution in [0.4, 0.5) is 0 Å². The summed E-state index contributed by atoms with van der Waals surface area (Å²) in [5.74, 6) is 0.992. The van der Waals surface area contributed by atoms with Gasteiger partial charge in [-0.1, -0.05) is 48.0 Å². The Labute approximate surface area is 222 Å². The van der Waals surface area contributed by atoms with Crippen molar-refractivity contribution in [1.29, 1.82) is 0 Å². The van der Waals surface area contributed by atoms with Crippen LogP contribution in [0, 0.1) is 6.92 Å². The molecule has 196 valence electrons. The number of fused-ring (bicyclic) bond motifs is 2. The summed E-state index contributed by atoms with van der Waals surface area (Å²) in [6.45, 7) is 5.76. The molecule has 5 rings (SSSR count). The van der Waals surface area contributed by atoms with Crippen molar-refractivity contribution in [2.24, 2.45) is 0 Å². The fourth-order valence-corrected chi connectivity index (χ4v) is 4.84. The van der Waals surface area contributed by atoms with Gasteiger partial charge in [0.1, 0.15) is 12.2 Å². The standard InChI is InChI=1S/C31H32N2O5/c1-5-36-26-18-22(12-14-25(26)37-19-21-9-7-6-8-10-21)28-27-29(34)23-17-20(2)11-13-24(23)38-30(27)31(35)33(28)16-15-32(3)4/h6-14,17-18,28H,5,15-16,19H2,1-4H3. The lowest BCUT2D eigenvalue weighted by atomic mass is 9.97. The number of hydrogen-bond donors (Lipinski definition) is 0. The molecule has 3 aromatic carbocycles. The van der Waals surface area contributed by atoms with Crippen LogP contribution in [0.5, 0.6) is 11.5 Å². The fraction of sp³-hybridized carbons (Fsp3) is 0.290. The second-order valence-electron chi connectivity index (χ2n) is 9.79. The maximum Gasteiger partial charge on any atom is 0.290 e. The molecule has 0 aliphatic carbocycles. The van der Waals surface area contributed by atoms with Crippen LogP contribution in [-0.2, 0) is 6.61 Å². The number of aryl methyl sites for hydroxylation is 1. The molecule has 4 aromatic rings. The van der Waals surface area contributed by atoms with Gasteiger partial charge in [0, 0.05) is 13.1 Å². The number of likely N-dealkylation sites (N-methyl/N-ethyl adjacent to an activating group) is 1. The molecule has 0 N–H and O–H groups in total. The molecule has 0 spiro atoms. The van der Waals surface area contributed by atoms with Crippen LogP contribution in [0.3, 0.4) is 0 Å². The average Bonchev–Trinajstić information content (AvgIpc) is 3.19. The molecule has 0 saturated heterocycles. The summed E-state index contributed by atoms with van der Waals surface area (Å²) in [5.41, 5.74) is 3.37. The molecule has 0 fully saturated rings. The van der Waals surface area contributed by atoms with Crippen molar-refractivity contribution < 1.29 is 18.7 Å². The van der Waals surface area contributed by atoms with Crippen LogP contribution in [0.1, 0.15) is 45.8 Å². The maximum atomic E-state index is 13.8. The second kappa shape index (κ2) is 10.7. The third-order valence-corrected chi connectivity index (χ3v) is 6.73. The molecule has 0 saturated carbocycles. The molecule has 0 bridgehead atoms. The Hall–Kier alpha value is -4.10. The molecule has 1 atom stereocenters. The van der Waals surface area contributed by atoms with E-state index in [-0.39, 0.29) is 17.1 Å². The lowest BCUT2D eigenvalue weighted by Crippen LogP contribution is -2.35. The number of carbonyl (C=O) groups excluding carboxylic acids is 1. The Balaban J connectivity index is 1.60. The number of benzene rings is 3. The van der Waals surface area contributed by atoms with E-state index in [4.69, 9.17) is 13.9 Å². The minimum absolute atomic E-state index is 0.109. The Bertz CT molecular complexity index is 1530. The van der Waals surface area contributed by atoms with Crippen LogP contribution in [0.25, 0.3) is 11.0 Å². The lowest BCUT2D eigenvalue weighted by Gasteiger charge is -2.27. The molecule has 0 radical (unpaired) electrons. The smallest absolute Gasteiger partial charge is 0.290 e. The van der Waals surface area contributed by atoms with E-state index in [1.54, 1.807) is 11.0 Å². The van der Waals surface area contributed by atoms with Crippen molar-refractivity contribution in [3.8, 4) is 11.5 Å². The Kier molecular flexibility index (Phi) is 7.20. The molecule has 1 amide bonds. The first kappa shape index (κ1) is 25.5. The second-order valence-corrected chi connectivity index (χ2v) is 9.79. The van der Waals surface area contributed by atoms with Gasteiger partial charge in [0.25, 0.3) is 5.91 Å². The molecular weight excluding hydrogens is 480 g/mol. The van der Waals surface area contributed by atoms with Gasteiger partial charge in [-0.3, -0.25) is 9.59 Å². The lowest BCUT2D eigenvalue weighted by molar-refractivity contribution is 0.0716. The molecule has 38 heavy (non-hydrogen) atoms. The van der Waals surface area contributed by atoms with Crippen LogP contribution in [-0.4, -0.2) is 49.5 Å². The van der Waals surface area contributed by atoms with E-state index in [0.717, 1.165) is 16.7 Å². The summed E-state index contributed by atoms with van der Waals surface area (Å²) in [4.78, 5) is 31.2. The summed E-state index contributed by atoms with van der Waals surface area (Å²) in [5, 5.41) is 0.476. The van der Waals surface area contributed by atoms with Crippen molar-refractivity contribution in [2.75, 3.05) is 33.8 Å². The summed E-state index contributed by atoms with van der Waals surface area (Å²) in [6.07, 6.45) is 0. The van der Waals surface area contributed by atoms with Crippen molar-refractivity contribution in [3.05, 3.63) is 105 Å². The third-order valence-electron chi connectivity index (χ3n) is 6.73. The van der Waals surface area contributed by atoms with Gasteiger partial charge in [-0.2, -0.15) is 0 Å². The highest BCUT2D eigenvalue weighted by atomic mass is 16.5. The topological polar surface area (TPSA) is 72.2 Å². The summed E-state index contributed by atoms with van der Waals surface area (Å²) < 4.78 is 18.1. The Morgan fingerprint density at radius 2 is 1.74 bits per heavy atom. The number of carbonyl (C=O) groups is 1. The van der Waals surface area contributed by atoms with Gasteiger partial charge in [0.05, 0.1) is 23.6 Å². The van der Waals surface area contributed by atoms with E-state index in [9.17, 15) is 9.59 Å². The minimum atomic E-state index is -0.596. The SMILES string of the molecule is CCOc1cc(C2c3c(oc4ccc(C)cc4c3=O)C(=O)N2CCN(C)C)ccc1OCc1ccccc1. The molecule has 7 heteroatoms. The van der Waals surface area contributed by atoms with Crippen molar-refractivity contribution in [1.82, 2.24) is 9.80 Å². The van der Waals surface area contributed by atoms with Crippen LogP contribution < -0.4 is 14.9 Å². The van der Waals surface area contributed by atoms with Crippen molar-refractivity contribution >= 4 is 16.9 Å². The highest BCUT2D eigenvalue weighted by Crippen LogP contribution is 2.41. The fourth-order valence-electron chi connectivity index (χ4n) is 4.84. The zero-order chi connectivity index (χ0) is 26.8. The number of amides is 1. The van der Waals surface area contributed by atoms with Gasteiger partial charge in [-0.25, -0.2) is 0 Å². The van der Waals surface area contributed by atoms with Crippen LogP contribution >= 0.6 is 0 Å². The number of nitrogens with zero attached hydrogens (tertiary/aromatic N) is 2. The Morgan fingerprint density at radius 1 is 0.947 bits per heavy atom. The zero-order valence-electron chi connectivity index (χ0n) is 22.2. The van der Waals surface area contributed by atoms with Crippen LogP contribution in [0.15, 0.2) is 75.9 Å². The van der Waals surface area contributed by atoms with E-state index in [0.29, 0.717) is 54.3 Å². The van der Waals surface area contributed by atoms with E-state index in [1.807, 2.05) is 93.5 Å². The molecule has 7 nitrogen and oxygen atoms in total. The highest BCUT2D eigenvalue weighted by Gasteiger charge is 2.42. The van der Waals surface area contributed by atoms with E-state index in [2.05, 4.69) is 0 Å². The largest absolute Gasteiger partial charge is 0.490 e. The number of hydrogen-bond acceptors (Lipinski definition) is 6. The van der Waals surface area contributed by atoms with E-state index < -0.39 is 6.04 Å². The van der Waals surface area contributed by atoms with Gasteiger partial charge >= 0.3 is 0 Å². The van der Waals surface area contributed by atoms with Crippen molar-refractivity contribution in [3.63, 3.8) is 0 Å². The molecule has 1 aliphatic rings. The van der Waals surface area contributed by atoms with E-state index in [1.165, 1.54) is 0 Å². The molecule has 1 aromatic heterocycles. The average molecular weight is 513 g/mol. The van der Waals surface area contributed by atoms with Gasteiger partial charge in [0.15, 0.2) is 16.9 Å². The quantitative estimate of drug-likeness (QED) is 0.308. The van der Waals surface area contributed by atoms with Crippen LogP contribution in [0.2, 0.25) is 0 Å². The summed E-state index contributed by atoms with van der Waals surface area (Å²) >= 11 is 0. The minimum Gasteiger partial charge on any atom is -0.490 e. The van der Waals surface area contributed by atoms with Gasteiger partial charge in [-0.15, -0.1) is 0 Å². The van der Waals surface area contributed by atoms with Gasteiger partial charge in [-0.05, 0) is 63.3 Å². The maximum absolute atomic E-state index is 13.8. The Morgan fingerprint density at radius 3 is 2.47 bits per heavy atom. The van der Waals surface area contributed by atoms with E-state index >= 15 is 0 Å². The summed E-state index contributed by atoms with van der Waals surface area (Å²) in [6, 6.07) is 20.4. The van der Waals surface area contributed by atoms with Gasteiger partial charge in [0.2, 0.25) is 5.76 Å². The van der Waals surface area contributed by atoms with Crippen molar-refractivity contribution in [2.45, 2.75) is 26.5 Å². The molecule has 1 unspecified atom stereocenters. The predicted octanol–water partition coefficient (Wildman–Crippen LogP) is 5.19. The first-order valence-corrected chi connectivity index (χ1v) is 12.8. The molecule has 2 heterocycles. The normalized spacial score (nSPS) is 14.8. The third kappa shape index (κ3) is 4.89. The highest BCUT2D eigenvalue weighted by molar-refractivity contribution is 5.99. The molecular formula is C31H32N2O5. The monoisotopic (exact) mass is 512 g/mol. The van der Waals surface area contributed by atoms with Gasteiger partial charge < -0.3 is 23.7 Å².